The minimum absolute atomic E-state index is 0.294. The molecule has 1 fully saturated rings. The fourth-order valence-corrected chi connectivity index (χ4v) is 4.87. The number of hydrogen-bond acceptors (Lipinski definition) is 7. The summed E-state index contributed by atoms with van der Waals surface area (Å²) < 4.78 is 7.90. The number of carbonyl (C=O) groups excluding carboxylic acids is 1. The van der Waals surface area contributed by atoms with Crippen LogP contribution in [0.2, 0.25) is 0 Å². The summed E-state index contributed by atoms with van der Waals surface area (Å²) in [6.07, 6.45) is 7.68. The van der Waals surface area contributed by atoms with Gasteiger partial charge in [-0.25, -0.2) is 9.97 Å². The van der Waals surface area contributed by atoms with Gasteiger partial charge in [-0.15, -0.1) is 0 Å². The number of benzene rings is 2. The molecule has 0 spiro atoms. The predicted octanol–water partition coefficient (Wildman–Crippen LogP) is 5.39. The van der Waals surface area contributed by atoms with E-state index in [0.717, 1.165) is 35.4 Å². The van der Waals surface area contributed by atoms with Crippen molar-refractivity contribution < 1.29 is 9.53 Å². The second-order valence-corrected chi connectivity index (χ2v) is 10.6. The molecule has 2 N–H and O–H groups in total. The van der Waals surface area contributed by atoms with E-state index in [2.05, 4.69) is 68.0 Å². The molecule has 1 saturated carbocycles. The Bertz CT molecular complexity index is 1560. The maximum absolute atomic E-state index is 12.3. The number of anilines is 4. The topological polar surface area (TPSA) is 87.5 Å². The Hall–Kier alpha value is -4.37. The zero-order valence-corrected chi connectivity index (χ0v) is 23.9. The Balaban J connectivity index is 1.48. The van der Waals surface area contributed by atoms with Gasteiger partial charge >= 0.3 is 0 Å². The van der Waals surface area contributed by atoms with Crippen molar-refractivity contribution in [3.8, 4) is 17.0 Å². The molecule has 2 aromatic heterocycles. The van der Waals surface area contributed by atoms with E-state index in [1.165, 1.54) is 30.0 Å². The van der Waals surface area contributed by atoms with E-state index in [-0.39, 0.29) is 5.91 Å². The number of hydrogen-bond donors (Lipinski definition) is 2. The van der Waals surface area contributed by atoms with Crippen molar-refractivity contribution in [2.45, 2.75) is 18.8 Å². The van der Waals surface area contributed by atoms with Crippen molar-refractivity contribution in [2.75, 3.05) is 56.9 Å². The minimum Gasteiger partial charge on any atom is -0.494 e. The van der Waals surface area contributed by atoms with E-state index in [9.17, 15) is 4.79 Å². The number of rotatable bonds is 11. The van der Waals surface area contributed by atoms with Crippen LogP contribution in [-0.4, -0.2) is 66.7 Å². The van der Waals surface area contributed by atoms with Crippen molar-refractivity contribution in [2.24, 2.45) is 7.05 Å². The molecule has 1 amide bonds. The van der Waals surface area contributed by atoms with Crippen LogP contribution in [0.1, 0.15) is 24.3 Å². The van der Waals surface area contributed by atoms with E-state index in [0.29, 0.717) is 29.0 Å². The second kappa shape index (κ2) is 11.4. The van der Waals surface area contributed by atoms with Gasteiger partial charge in [0, 0.05) is 62.1 Å². The van der Waals surface area contributed by atoms with Crippen LogP contribution in [0.4, 0.5) is 23.0 Å². The van der Waals surface area contributed by atoms with Gasteiger partial charge < -0.3 is 29.7 Å². The van der Waals surface area contributed by atoms with Crippen LogP contribution in [0.5, 0.6) is 5.75 Å². The molecule has 1 aliphatic carbocycles. The molecule has 4 aromatic rings. The minimum atomic E-state index is -0.294. The van der Waals surface area contributed by atoms with Crippen LogP contribution in [0.15, 0.2) is 61.4 Å². The molecule has 2 heterocycles. The predicted molar refractivity (Wildman–Crippen MR) is 163 cm³/mol. The number of aryl methyl sites for hydroxylation is 1. The molecule has 0 radical (unpaired) electrons. The average molecular weight is 540 g/mol. The number of likely N-dealkylation sites (N-methyl/N-ethyl adjacent to an activating group) is 2. The molecule has 0 bridgehead atoms. The maximum Gasteiger partial charge on any atom is 0.247 e. The van der Waals surface area contributed by atoms with Gasteiger partial charge in [0.15, 0.2) is 0 Å². The maximum atomic E-state index is 12.3. The number of amides is 1. The van der Waals surface area contributed by atoms with Gasteiger partial charge in [-0.3, -0.25) is 4.79 Å². The lowest BCUT2D eigenvalue weighted by atomic mass is 10.1. The van der Waals surface area contributed by atoms with Crippen molar-refractivity contribution in [3.63, 3.8) is 0 Å². The summed E-state index contributed by atoms with van der Waals surface area (Å²) in [6, 6.07) is 12.4. The first kappa shape index (κ1) is 27.2. The molecule has 1 aliphatic rings. The summed E-state index contributed by atoms with van der Waals surface area (Å²) >= 11 is 0. The molecule has 0 atom stereocenters. The van der Waals surface area contributed by atoms with Crippen molar-refractivity contribution in [3.05, 3.63) is 67.0 Å². The highest BCUT2D eigenvalue weighted by Gasteiger charge is 2.24. The van der Waals surface area contributed by atoms with Gasteiger partial charge in [-0.05, 0) is 62.7 Å². The Morgan fingerprint density at radius 1 is 1.15 bits per heavy atom. The van der Waals surface area contributed by atoms with Gasteiger partial charge in [0.2, 0.25) is 11.9 Å². The SMILES string of the molecule is C=CC(=O)Nc1cc(Nc2nccc(-c3cn(C)c4cc(C5CC5)ccc34)n2)c(OC)cc1N(C)CCN(C)C. The van der Waals surface area contributed by atoms with Crippen LogP contribution >= 0.6 is 0 Å². The molecule has 40 heavy (non-hydrogen) atoms. The van der Waals surface area contributed by atoms with Crippen LogP contribution in [-0.2, 0) is 11.8 Å². The van der Waals surface area contributed by atoms with Gasteiger partial charge in [0.1, 0.15) is 5.75 Å². The first-order chi connectivity index (χ1) is 19.3. The van der Waals surface area contributed by atoms with E-state index >= 15 is 0 Å². The normalized spacial score (nSPS) is 12.9. The van der Waals surface area contributed by atoms with Crippen molar-refractivity contribution >= 4 is 39.8 Å². The molecular weight excluding hydrogens is 502 g/mol. The third kappa shape index (κ3) is 5.79. The van der Waals surface area contributed by atoms with Gasteiger partial charge in [-0.2, -0.15) is 0 Å². The Kier molecular flexibility index (Phi) is 7.75. The highest BCUT2D eigenvalue weighted by molar-refractivity contribution is 6.02. The largest absolute Gasteiger partial charge is 0.494 e. The zero-order chi connectivity index (χ0) is 28.4. The van der Waals surface area contributed by atoms with Crippen LogP contribution in [0, 0.1) is 0 Å². The van der Waals surface area contributed by atoms with Gasteiger partial charge in [0.05, 0.1) is 29.9 Å². The quantitative estimate of drug-likeness (QED) is 0.247. The number of carbonyl (C=O) groups is 1. The molecule has 0 saturated heterocycles. The van der Waals surface area contributed by atoms with Crippen molar-refractivity contribution in [1.29, 1.82) is 0 Å². The summed E-state index contributed by atoms with van der Waals surface area (Å²) in [5.41, 5.74) is 6.58. The molecule has 0 unspecified atom stereocenters. The number of fused-ring (bicyclic) bond motifs is 1. The van der Waals surface area contributed by atoms with E-state index < -0.39 is 0 Å². The number of aromatic nitrogens is 3. The third-order valence-corrected chi connectivity index (χ3v) is 7.30. The van der Waals surface area contributed by atoms with Crippen LogP contribution in [0.3, 0.4) is 0 Å². The fraction of sp³-hybridized carbons (Fsp3) is 0.323. The highest BCUT2D eigenvalue weighted by atomic mass is 16.5. The smallest absolute Gasteiger partial charge is 0.247 e. The Morgan fingerprint density at radius 2 is 1.95 bits per heavy atom. The van der Waals surface area contributed by atoms with E-state index in [1.54, 1.807) is 13.3 Å². The van der Waals surface area contributed by atoms with E-state index in [1.807, 2.05) is 39.3 Å². The average Bonchev–Trinajstić information content (AvgIpc) is 3.75. The second-order valence-electron chi connectivity index (χ2n) is 10.6. The summed E-state index contributed by atoms with van der Waals surface area (Å²) in [7, 11) is 9.73. The number of nitrogens with one attached hydrogen (secondary N) is 2. The monoisotopic (exact) mass is 539 g/mol. The number of nitrogens with zero attached hydrogens (tertiary/aromatic N) is 5. The van der Waals surface area contributed by atoms with Crippen LogP contribution in [0.25, 0.3) is 22.2 Å². The Labute approximate surface area is 235 Å². The Morgan fingerprint density at radius 3 is 2.65 bits per heavy atom. The lowest BCUT2D eigenvalue weighted by molar-refractivity contribution is -0.111. The molecular formula is C31H37N7O2. The van der Waals surface area contributed by atoms with Gasteiger partial charge in [-0.1, -0.05) is 18.7 Å². The van der Waals surface area contributed by atoms with E-state index in [4.69, 9.17) is 9.72 Å². The summed E-state index contributed by atoms with van der Waals surface area (Å²) in [5.74, 6) is 1.44. The lowest BCUT2D eigenvalue weighted by Gasteiger charge is -2.26. The molecule has 2 aromatic carbocycles. The van der Waals surface area contributed by atoms with Gasteiger partial charge in [0.25, 0.3) is 0 Å². The molecule has 0 aliphatic heterocycles. The summed E-state index contributed by atoms with van der Waals surface area (Å²) in [4.78, 5) is 25.8. The zero-order valence-electron chi connectivity index (χ0n) is 23.9. The molecule has 208 valence electrons. The third-order valence-electron chi connectivity index (χ3n) is 7.30. The summed E-state index contributed by atoms with van der Waals surface area (Å²) in [5, 5.41) is 7.40. The fourth-order valence-electron chi connectivity index (χ4n) is 4.87. The molecule has 9 nitrogen and oxygen atoms in total. The standard InChI is InChI=1S/C31H37N7O2/c1-7-30(39)33-25-17-26(29(40-6)18-28(25)37(4)15-14-36(2)3)35-31-32-13-12-24(34-31)23-19-38(5)27-16-21(20-8-9-20)10-11-22(23)27/h7,10-13,16-20H,1,8-9,14-15H2,2-6H3,(H,33,39)(H,32,34,35). The molecule has 5 rings (SSSR count). The summed E-state index contributed by atoms with van der Waals surface area (Å²) in [6.45, 7) is 5.21. The van der Waals surface area contributed by atoms with Crippen molar-refractivity contribution in [1.82, 2.24) is 19.4 Å². The highest BCUT2D eigenvalue weighted by Crippen LogP contribution is 2.42. The number of methoxy groups -OCH3 is 1. The van der Waals surface area contributed by atoms with Crippen LogP contribution < -0.4 is 20.3 Å². The number of ether oxygens (including phenoxy) is 1. The first-order valence-electron chi connectivity index (χ1n) is 13.5. The lowest BCUT2D eigenvalue weighted by Crippen LogP contribution is -2.29. The molecule has 9 heteroatoms. The first-order valence-corrected chi connectivity index (χ1v) is 13.5.